The Morgan fingerprint density at radius 2 is 1.85 bits per heavy atom. The highest BCUT2D eigenvalue weighted by atomic mass is 16.5. The van der Waals surface area contributed by atoms with E-state index in [2.05, 4.69) is 5.32 Å². The average Bonchev–Trinajstić information content (AvgIpc) is 2.99. The van der Waals surface area contributed by atoms with E-state index in [0.717, 1.165) is 12.0 Å². The van der Waals surface area contributed by atoms with Gasteiger partial charge in [-0.1, -0.05) is 19.1 Å². The molecule has 1 N–H and O–H groups in total. The number of carbonyl (C=O) groups excluding carboxylic acids is 3. The topological polar surface area (TPSA) is 75.7 Å². The standard InChI is InChI=1S/C21H22N2O4/c1-3-12-23-13-15-6-5-7-17(18(15)20(23)25)19(24)22-16-10-8-14(9-11-16)21(26)27-4-2/h5-11H,3-4,12-13H2,1-2H3,(H,22,24). The molecule has 140 valence electrons. The van der Waals surface area contributed by atoms with E-state index in [9.17, 15) is 14.4 Å². The zero-order valence-electron chi connectivity index (χ0n) is 15.5. The Hall–Kier alpha value is -3.15. The van der Waals surface area contributed by atoms with Crippen molar-refractivity contribution in [3.05, 3.63) is 64.7 Å². The Labute approximate surface area is 158 Å². The zero-order chi connectivity index (χ0) is 19.4. The fraction of sp³-hybridized carbons (Fsp3) is 0.286. The quantitative estimate of drug-likeness (QED) is 0.794. The van der Waals surface area contributed by atoms with Crippen molar-refractivity contribution in [3.8, 4) is 0 Å². The van der Waals surface area contributed by atoms with Crippen LogP contribution in [0.25, 0.3) is 0 Å². The summed E-state index contributed by atoms with van der Waals surface area (Å²) in [7, 11) is 0. The van der Waals surface area contributed by atoms with E-state index >= 15 is 0 Å². The van der Waals surface area contributed by atoms with Crippen molar-refractivity contribution in [2.24, 2.45) is 0 Å². The molecule has 0 spiro atoms. The molecule has 6 heteroatoms. The molecule has 3 rings (SSSR count). The molecule has 0 aliphatic carbocycles. The van der Waals surface area contributed by atoms with Crippen molar-refractivity contribution in [1.82, 2.24) is 4.90 Å². The Morgan fingerprint density at radius 3 is 2.52 bits per heavy atom. The summed E-state index contributed by atoms with van der Waals surface area (Å²) in [5, 5.41) is 2.79. The maximum absolute atomic E-state index is 12.7. The smallest absolute Gasteiger partial charge is 0.338 e. The lowest BCUT2D eigenvalue weighted by Crippen LogP contribution is -2.26. The number of nitrogens with zero attached hydrogens (tertiary/aromatic N) is 1. The number of benzene rings is 2. The fourth-order valence-corrected chi connectivity index (χ4v) is 3.16. The van der Waals surface area contributed by atoms with Gasteiger partial charge in [-0.25, -0.2) is 4.79 Å². The van der Waals surface area contributed by atoms with Crippen LogP contribution in [0.15, 0.2) is 42.5 Å². The van der Waals surface area contributed by atoms with Crippen molar-refractivity contribution in [2.45, 2.75) is 26.8 Å². The molecular formula is C21H22N2O4. The van der Waals surface area contributed by atoms with Crippen molar-refractivity contribution in [1.29, 1.82) is 0 Å². The summed E-state index contributed by atoms with van der Waals surface area (Å²) in [6.07, 6.45) is 0.869. The second-order valence-electron chi connectivity index (χ2n) is 6.32. The number of fused-ring (bicyclic) bond motifs is 1. The van der Waals surface area contributed by atoms with Crippen LogP contribution in [-0.2, 0) is 11.3 Å². The molecule has 0 unspecified atom stereocenters. The third-order valence-electron chi connectivity index (χ3n) is 4.41. The molecule has 6 nitrogen and oxygen atoms in total. The summed E-state index contributed by atoms with van der Waals surface area (Å²) >= 11 is 0. The lowest BCUT2D eigenvalue weighted by atomic mass is 10.0. The highest BCUT2D eigenvalue weighted by Crippen LogP contribution is 2.27. The van der Waals surface area contributed by atoms with Crippen molar-refractivity contribution < 1.29 is 19.1 Å². The number of ether oxygens (including phenoxy) is 1. The Bertz CT molecular complexity index is 874. The molecule has 1 aliphatic heterocycles. The first-order chi connectivity index (χ1) is 13.0. The fourth-order valence-electron chi connectivity index (χ4n) is 3.16. The predicted molar refractivity (Wildman–Crippen MR) is 102 cm³/mol. The normalized spacial score (nSPS) is 12.7. The molecule has 2 aromatic rings. The highest BCUT2D eigenvalue weighted by Gasteiger charge is 2.31. The van der Waals surface area contributed by atoms with Gasteiger partial charge in [-0.15, -0.1) is 0 Å². The van der Waals surface area contributed by atoms with Gasteiger partial charge in [0.05, 0.1) is 23.3 Å². The first kappa shape index (κ1) is 18.6. The molecule has 0 fully saturated rings. The zero-order valence-corrected chi connectivity index (χ0v) is 15.5. The largest absolute Gasteiger partial charge is 0.462 e. The number of hydrogen-bond donors (Lipinski definition) is 1. The molecule has 0 bridgehead atoms. The lowest BCUT2D eigenvalue weighted by molar-refractivity contribution is 0.0526. The molecule has 0 saturated carbocycles. The molecule has 0 atom stereocenters. The van der Waals surface area contributed by atoms with Crippen molar-refractivity contribution in [3.63, 3.8) is 0 Å². The SMILES string of the molecule is CCCN1Cc2cccc(C(=O)Nc3ccc(C(=O)OCC)cc3)c2C1=O. The average molecular weight is 366 g/mol. The van der Waals surface area contributed by atoms with Crippen LogP contribution in [0.5, 0.6) is 0 Å². The van der Waals surface area contributed by atoms with Gasteiger partial charge in [0.15, 0.2) is 0 Å². The van der Waals surface area contributed by atoms with E-state index in [1.165, 1.54) is 0 Å². The van der Waals surface area contributed by atoms with Crippen LogP contribution < -0.4 is 5.32 Å². The van der Waals surface area contributed by atoms with E-state index < -0.39 is 5.97 Å². The molecule has 1 aliphatic rings. The van der Waals surface area contributed by atoms with Crippen LogP contribution >= 0.6 is 0 Å². The first-order valence-electron chi connectivity index (χ1n) is 9.04. The summed E-state index contributed by atoms with van der Waals surface area (Å²) in [6.45, 7) is 5.28. The molecule has 1 heterocycles. The van der Waals surface area contributed by atoms with Gasteiger partial charge in [-0.2, -0.15) is 0 Å². The van der Waals surface area contributed by atoms with Crippen LogP contribution in [0.2, 0.25) is 0 Å². The number of nitrogens with one attached hydrogen (secondary N) is 1. The number of amides is 2. The molecule has 0 radical (unpaired) electrons. The Morgan fingerprint density at radius 1 is 1.11 bits per heavy atom. The van der Waals surface area contributed by atoms with Gasteiger partial charge in [0.2, 0.25) is 0 Å². The van der Waals surface area contributed by atoms with Crippen molar-refractivity contribution >= 4 is 23.5 Å². The van der Waals surface area contributed by atoms with E-state index in [-0.39, 0.29) is 11.8 Å². The van der Waals surface area contributed by atoms with Crippen LogP contribution in [0.1, 0.15) is 56.9 Å². The molecular weight excluding hydrogens is 344 g/mol. The van der Waals surface area contributed by atoms with Crippen LogP contribution in [0, 0.1) is 0 Å². The van der Waals surface area contributed by atoms with Gasteiger partial charge in [-0.3, -0.25) is 9.59 Å². The summed E-state index contributed by atoms with van der Waals surface area (Å²) in [5.41, 5.74) is 2.68. The summed E-state index contributed by atoms with van der Waals surface area (Å²) in [5.74, 6) is -0.851. The lowest BCUT2D eigenvalue weighted by Gasteiger charge is -2.14. The highest BCUT2D eigenvalue weighted by molar-refractivity contribution is 6.13. The predicted octanol–water partition coefficient (Wildman–Crippen LogP) is 3.48. The van der Waals surface area contributed by atoms with Gasteiger partial charge in [0.1, 0.15) is 0 Å². The van der Waals surface area contributed by atoms with E-state index in [1.807, 2.05) is 13.0 Å². The Balaban J connectivity index is 1.78. The van der Waals surface area contributed by atoms with E-state index in [1.54, 1.807) is 48.2 Å². The van der Waals surface area contributed by atoms with Gasteiger partial charge >= 0.3 is 5.97 Å². The second-order valence-corrected chi connectivity index (χ2v) is 6.32. The molecule has 0 saturated heterocycles. The van der Waals surface area contributed by atoms with Crippen LogP contribution in [-0.4, -0.2) is 35.8 Å². The number of rotatable bonds is 6. The minimum Gasteiger partial charge on any atom is -0.462 e. The molecule has 27 heavy (non-hydrogen) atoms. The number of hydrogen-bond acceptors (Lipinski definition) is 4. The van der Waals surface area contributed by atoms with Crippen LogP contribution in [0.3, 0.4) is 0 Å². The number of carbonyl (C=O) groups is 3. The maximum atomic E-state index is 12.7. The van der Waals surface area contributed by atoms with E-state index in [4.69, 9.17) is 4.74 Å². The van der Waals surface area contributed by atoms with E-state index in [0.29, 0.717) is 42.1 Å². The molecule has 0 aromatic heterocycles. The number of esters is 1. The maximum Gasteiger partial charge on any atom is 0.338 e. The minimum absolute atomic E-state index is 0.102. The number of anilines is 1. The van der Waals surface area contributed by atoms with Gasteiger partial charge < -0.3 is 15.0 Å². The third kappa shape index (κ3) is 3.84. The third-order valence-corrected chi connectivity index (χ3v) is 4.41. The van der Waals surface area contributed by atoms with Gasteiger partial charge in [-0.05, 0) is 49.2 Å². The van der Waals surface area contributed by atoms with Gasteiger partial charge in [0, 0.05) is 18.8 Å². The summed E-state index contributed by atoms with van der Waals surface area (Å²) in [6, 6.07) is 11.8. The minimum atomic E-state index is -0.405. The second kappa shape index (κ2) is 8.03. The van der Waals surface area contributed by atoms with Crippen molar-refractivity contribution in [2.75, 3.05) is 18.5 Å². The van der Waals surface area contributed by atoms with Gasteiger partial charge in [0.25, 0.3) is 11.8 Å². The molecule has 2 amide bonds. The molecule has 2 aromatic carbocycles. The summed E-state index contributed by atoms with van der Waals surface area (Å²) < 4.78 is 4.94. The van der Waals surface area contributed by atoms with Crippen LogP contribution in [0.4, 0.5) is 5.69 Å². The Kier molecular flexibility index (Phi) is 5.54. The monoisotopic (exact) mass is 366 g/mol. The summed E-state index contributed by atoms with van der Waals surface area (Å²) in [4.78, 5) is 38.8. The first-order valence-corrected chi connectivity index (χ1v) is 9.04.